The molecule has 1 aliphatic heterocycles. The Bertz CT molecular complexity index is 1530. The molecule has 0 unspecified atom stereocenters. The van der Waals surface area contributed by atoms with Crippen molar-refractivity contribution in [1.82, 2.24) is 0 Å². The van der Waals surface area contributed by atoms with Crippen molar-refractivity contribution in [3.63, 3.8) is 0 Å². The zero-order valence-corrected chi connectivity index (χ0v) is 22.8. The molecule has 0 amide bonds. The number of hydrogen-bond acceptors (Lipinski definition) is 4. The Kier molecular flexibility index (Phi) is 7.52. The summed E-state index contributed by atoms with van der Waals surface area (Å²) in [5.41, 5.74) is 2.70. The lowest BCUT2D eigenvalue weighted by Gasteiger charge is -2.40. The van der Waals surface area contributed by atoms with Crippen molar-refractivity contribution < 1.29 is 19.1 Å². The number of hydrogen-bond donors (Lipinski definition) is 0. The number of ether oxygens (including phenoxy) is 2. The molecule has 4 nitrogen and oxygen atoms in total. The quantitative estimate of drug-likeness (QED) is 0.257. The molecule has 0 saturated heterocycles. The molecule has 1 heterocycles. The lowest BCUT2D eigenvalue weighted by molar-refractivity contribution is -0.138. The average Bonchev–Trinajstić information content (AvgIpc) is 3.01. The Morgan fingerprint density at radius 3 is 1.56 bits per heavy atom. The van der Waals surface area contributed by atoms with Crippen molar-refractivity contribution >= 4 is 41.7 Å². The number of carbonyl (C=O) groups is 2. The molecule has 0 aromatic heterocycles. The fourth-order valence-electron chi connectivity index (χ4n) is 5.38. The van der Waals surface area contributed by atoms with Crippen LogP contribution in [0.1, 0.15) is 11.1 Å². The van der Waals surface area contributed by atoms with E-state index >= 15 is 0 Å². The Balaban J connectivity index is 2.01. The molecule has 5 rings (SSSR count). The third kappa shape index (κ3) is 4.69. The summed E-state index contributed by atoms with van der Waals surface area (Å²) in [6.45, 7) is 0. The van der Waals surface area contributed by atoms with Crippen molar-refractivity contribution in [3.8, 4) is 0 Å². The molecule has 0 atom stereocenters. The van der Waals surface area contributed by atoms with Crippen LogP contribution in [0.5, 0.6) is 0 Å². The van der Waals surface area contributed by atoms with Crippen LogP contribution >= 0.6 is 0 Å². The molecular weight excluding hydrogens is 500 g/mol. The van der Waals surface area contributed by atoms with Gasteiger partial charge >= 0.3 is 11.9 Å². The first-order valence-corrected chi connectivity index (χ1v) is 14.7. The minimum absolute atomic E-state index is 0.229. The van der Waals surface area contributed by atoms with Crippen LogP contribution in [0.2, 0.25) is 0 Å². The topological polar surface area (TPSA) is 52.6 Å². The van der Waals surface area contributed by atoms with Crippen LogP contribution in [0.15, 0.2) is 144 Å². The molecular formula is C34H28O4Si. The molecule has 0 radical (unpaired) electrons. The Morgan fingerprint density at radius 1 is 0.615 bits per heavy atom. The van der Waals surface area contributed by atoms with E-state index < -0.39 is 20.0 Å². The van der Waals surface area contributed by atoms with Gasteiger partial charge in [-0.3, -0.25) is 0 Å². The summed E-state index contributed by atoms with van der Waals surface area (Å²) in [5, 5.41) is 3.26. The standard InChI is InChI=1S/C34H28O4Si/c1-37-33(35)31-27(23-25-15-7-3-8-16-25)24-30(26-17-9-4-10-18-26)39(32(31)34(36)38-2,28-19-11-5-12-20-28)29-21-13-6-14-22-29/h3-24H,1-2H3/b27-23-. The summed E-state index contributed by atoms with van der Waals surface area (Å²) < 4.78 is 10.8. The molecule has 0 N–H and O–H groups in total. The van der Waals surface area contributed by atoms with Crippen molar-refractivity contribution in [2.75, 3.05) is 14.2 Å². The zero-order chi connectivity index (χ0) is 27.2. The second-order valence-corrected chi connectivity index (χ2v) is 12.8. The van der Waals surface area contributed by atoms with E-state index in [0.717, 1.165) is 26.7 Å². The highest BCUT2D eigenvalue weighted by molar-refractivity contribution is 7.21. The number of carbonyl (C=O) groups excluding carboxylic acids is 2. The molecule has 0 spiro atoms. The van der Waals surface area contributed by atoms with Gasteiger partial charge in [-0.25, -0.2) is 9.59 Å². The zero-order valence-electron chi connectivity index (χ0n) is 21.8. The molecule has 0 saturated carbocycles. The van der Waals surface area contributed by atoms with Gasteiger partial charge in [-0.15, -0.1) is 0 Å². The van der Waals surface area contributed by atoms with Gasteiger partial charge in [-0.05, 0) is 38.3 Å². The number of esters is 2. The summed E-state index contributed by atoms with van der Waals surface area (Å²) in [7, 11) is -0.691. The van der Waals surface area contributed by atoms with E-state index in [1.54, 1.807) is 0 Å². The highest BCUT2D eigenvalue weighted by atomic mass is 28.3. The summed E-state index contributed by atoms with van der Waals surface area (Å²) in [6, 6.07) is 39.7. The smallest absolute Gasteiger partial charge is 0.338 e. The van der Waals surface area contributed by atoms with E-state index in [1.807, 2.05) is 115 Å². The molecule has 0 bridgehead atoms. The Morgan fingerprint density at radius 2 is 1.08 bits per heavy atom. The molecule has 0 aliphatic carbocycles. The van der Waals surface area contributed by atoms with Crippen molar-refractivity contribution in [2.24, 2.45) is 0 Å². The van der Waals surface area contributed by atoms with Gasteiger partial charge in [0, 0.05) is 0 Å². The Labute approximate surface area is 229 Å². The van der Waals surface area contributed by atoms with Gasteiger partial charge in [-0.1, -0.05) is 127 Å². The third-order valence-corrected chi connectivity index (χ3v) is 11.9. The maximum Gasteiger partial charge on any atom is 0.338 e. The molecule has 192 valence electrons. The van der Waals surface area contributed by atoms with Gasteiger partial charge in [0.25, 0.3) is 0 Å². The van der Waals surface area contributed by atoms with Gasteiger partial charge < -0.3 is 9.47 Å². The lowest BCUT2D eigenvalue weighted by atomic mass is 9.99. The second-order valence-electron chi connectivity index (χ2n) is 9.15. The second kappa shape index (κ2) is 11.3. The van der Waals surface area contributed by atoms with Gasteiger partial charge in [-0.2, -0.15) is 0 Å². The van der Waals surface area contributed by atoms with Crippen molar-refractivity contribution in [2.45, 2.75) is 0 Å². The number of allylic oxidation sites excluding steroid dienone is 1. The molecule has 1 aliphatic rings. The first-order valence-electron chi connectivity index (χ1n) is 12.7. The monoisotopic (exact) mass is 528 g/mol. The van der Waals surface area contributed by atoms with Crippen LogP contribution in [-0.2, 0) is 19.1 Å². The fourth-order valence-corrected chi connectivity index (χ4v) is 10.6. The van der Waals surface area contributed by atoms with E-state index in [-0.39, 0.29) is 5.57 Å². The molecule has 39 heavy (non-hydrogen) atoms. The van der Waals surface area contributed by atoms with E-state index in [2.05, 4.69) is 18.2 Å². The summed E-state index contributed by atoms with van der Waals surface area (Å²) in [6.07, 6.45) is 3.99. The largest absolute Gasteiger partial charge is 0.466 e. The normalized spacial score (nSPS) is 15.4. The van der Waals surface area contributed by atoms with Gasteiger partial charge in [0.2, 0.25) is 0 Å². The average molecular weight is 529 g/mol. The van der Waals surface area contributed by atoms with E-state index in [4.69, 9.17) is 9.47 Å². The van der Waals surface area contributed by atoms with Crippen LogP contribution in [0, 0.1) is 0 Å². The predicted molar refractivity (Wildman–Crippen MR) is 158 cm³/mol. The molecule has 0 fully saturated rings. The SMILES string of the molecule is COC(=O)C1=C(C(=O)OC)[Si](c2ccccc2)(c2ccccc2)C(c2ccccc2)=C/C1=C/c1ccccc1. The third-order valence-electron chi connectivity index (χ3n) is 7.02. The fraction of sp³-hybridized carbons (Fsp3) is 0.0588. The highest BCUT2D eigenvalue weighted by Crippen LogP contribution is 2.42. The van der Waals surface area contributed by atoms with Crippen LogP contribution in [-0.4, -0.2) is 34.2 Å². The van der Waals surface area contributed by atoms with E-state index in [0.29, 0.717) is 10.8 Å². The van der Waals surface area contributed by atoms with Crippen LogP contribution < -0.4 is 10.4 Å². The van der Waals surface area contributed by atoms with E-state index in [1.165, 1.54) is 14.2 Å². The highest BCUT2D eigenvalue weighted by Gasteiger charge is 2.53. The minimum atomic E-state index is -3.40. The first-order chi connectivity index (χ1) is 19.1. The van der Waals surface area contributed by atoms with Crippen molar-refractivity contribution in [1.29, 1.82) is 0 Å². The lowest BCUT2D eigenvalue weighted by Crippen LogP contribution is -2.64. The minimum Gasteiger partial charge on any atom is -0.466 e. The molecule has 5 heteroatoms. The molecule has 4 aromatic carbocycles. The summed E-state index contributed by atoms with van der Waals surface area (Å²) >= 11 is 0. The van der Waals surface area contributed by atoms with Crippen molar-refractivity contribution in [3.05, 3.63) is 155 Å². The van der Waals surface area contributed by atoms with Crippen LogP contribution in [0.3, 0.4) is 0 Å². The molecule has 4 aromatic rings. The maximum atomic E-state index is 14.0. The van der Waals surface area contributed by atoms with Crippen LogP contribution in [0.25, 0.3) is 11.3 Å². The number of rotatable bonds is 6. The number of benzene rings is 4. The van der Waals surface area contributed by atoms with Gasteiger partial charge in [0.1, 0.15) is 0 Å². The van der Waals surface area contributed by atoms with Gasteiger partial charge in [0.05, 0.1) is 25.0 Å². The van der Waals surface area contributed by atoms with Crippen LogP contribution in [0.4, 0.5) is 0 Å². The summed E-state index contributed by atoms with van der Waals surface area (Å²) in [4.78, 5) is 27.7. The van der Waals surface area contributed by atoms with Gasteiger partial charge in [0.15, 0.2) is 8.07 Å². The Hall–Kier alpha value is -4.74. The predicted octanol–water partition coefficient (Wildman–Crippen LogP) is 5.15. The first kappa shape index (κ1) is 25.9. The number of methoxy groups -OCH3 is 2. The summed E-state index contributed by atoms with van der Waals surface area (Å²) in [5.74, 6) is -1.13. The maximum absolute atomic E-state index is 14.0. The van der Waals surface area contributed by atoms with E-state index in [9.17, 15) is 9.59 Å².